The summed E-state index contributed by atoms with van der Waals surface area (Å²) in [4.78, 5) is 0. The van der Waals surface area contributed by atoms with E-state index in [0.717, 1.165) is 29.4 Å². The molecule has 0 heterocycles. The number of rotatable bonds is 3. The van der Waals surface area contributed by atoms with Crippen LogP contribution in [0.2, 0.25) is 0 Å². The predicted molar refractivity (Wildman–Crippen MR) is 64.4 cm³/mol. The molecule has 2 aromatic carbocycles. The molecule has 0 atom stereocenters. The summed E-state index contributed by atoms with van der Waals surface area (Å²) in [6.45, 7) is 3.05. The van der Waals surface area contributed by atoms with Gasteiger partial charge in [-0.3, -0.25) is 0 Å². The molecule has 2 rings (SSSR count). The van der Waals surface area contributed by atoms with Gasteiger partial charge in [-0.05, 0) is 23.9 Å². The third-order valence-electron chi connectivity index (χ3n) is 2.45. The third kappa shape index (κ3) is 1.89. The minimum atomic E-state index is 0.340. The Morgan fingerprint density at radius 2 is 1.87 bits per heavy atom. The zero-order chi connectivity index (χ0) is 10.7. The van der Waals surface area contributed by atoms with E-state index in [1.807, 2.05) is 30.3 Å². The van der Waals surface area contributed by atoms with E-state index in [2.05, 4.69) is 12.2 Å². The largest absolute Gasteiger partial charge is 0.507 e. The second-order valence-corrected chi connectivity index (χ2v) is 3.61. The second-order valence-electron chi connectivity index (χ2n) is 3.61. The smallest absolute Gasteiger partial charge is 0.125 e. The summed E-state index contributed by atoms with van der Waals surface area (Å²) in [6, 6.07) is 11.6. The molecule has 0 aliphatic rings. The minimum absolute atomic E-state index is 0.340. The van der Waals surface area contributed by atoms with E-state index in [1.54, 1.807) is 6.07 Å². The van der Waals surface area contributed by atoms with Gasteiger partial charge in [0.25, 0.3) is 0 Å². The summed E-state index contributed by atoms with van der Waals surface area (Å²) < 4.78 is 0. The lowest BCUT2D eigenvalue weighted by molar-refractivity contribution is 0.482. The SMILES string of the molecule is CCCNc1cccc2cccc(O)c12. The highest BCUT2D eigenvalue weighted by Gasteiger charge is 2.03. The molecule has 2 nitrogen and oxygen atoms in total. The number of fused-ring (bicyclic) bond motifs is 1. The first-order chi connectivity index (χ1) is 7.33. The zero-order valence-electron chi connectivity index (χ0n) is 8.83. The van der Waals surface area contributed by atoms with Gasteiger partial charge in [0, 0.05) is 17.6 Å². The molecule has 0 fully saturated rings. The molecule has 0 aliphatic carbocycles. The number of hydrogen-bond donors (Lipinski definition) is 2. The highest BCUT2D eigenvalue weighted by atomic mass is 16.3. The van der Waals surface area contributed by atoms with Crippen molar-refractivity contribution >= 4 is 16.5 Å². The monoisotopic (exact) mass is 201 g/mol. The van der Waals surface area contributed by atoms with Gasteiger partial charge >= 0.3 is 0 Å². The first kappa shape index (κ1) is 9.84. The molecule has 2 heteroatoms. The van der Waals surface area contributed by atoms with Crippen LogP contribution in [0.4, 0.5) is 5.69 Å². The third-order valence-corrected chi connectivity index (χ3v) is 2.45. The van der Waals surface area contributed by atoms with E-state index in [-0.39, 0.29) is 0 Å². The van der Waals surface area contributed by atoms with Crippen molar-refractivity contribution in [2.24, 2.45) is 0 Å². The minimum Gasteiger partial charge on any atom is -0.507 e. The summed E-state index contributed by atoms with van der Waals surface area (Å²) in [5.41, 5.74) is 1.01. The molecule has 0 unspecified atom stereocenters. The van der Waals surface area contributed by atoms with Crippen LogP contribution in [0.15, 0.2) is 36.4 Å². The van der Waals surface area contributed by atoms with Crippen LogP contribution in [-0.4, -0.2) is 11.7 Å². The standard InChI is InChI=1S/C13H15NO/c1-2-9-14-11-7-3-5-10-6-4-8-12(15)13(10)11/h3-8,14-15H,2,9H2,1H3. The van der Waals surface area contributed by atoms with Crippen molar-refractivity contribution in [2.45, 2.75) is 13.3 Å². The number of phenolic OH excluding ortho intramolecular Hbond substituents is 1. The highest BCUT2D eigenvalue weighted by molar-refractivity contribution is 5.98. The molecule has 0 aromatic heterocycles. The molecule has 0 saturated heterocycles. The van der Waals surface area contributed by atoms with Gasteiger partial charge in [-0.2, -0.15) is 0 Å². The van der Waals surface area contributed by atoms with Crippen LogP contribution in [0.3, 0.4) is 0 Å². The number of phenols is 1. The predicted octanol–water partition coefficient (Wildman–Crippen LogP) is 3.37. The molecule has 78 valence electrons. The maximum Gasteiger partial charge on any atom is 0.125 e. The molecule has 2 aromatic rings. The lowest BCUT2D eigenvalue weighted by atomic mass is 10.1. The van der Waals surface area contributed by atoms with Crippen LogP contribution in [0.25, 0.3) is 10.8 Å². The molecule has 0 bridgehead atoms. The molecule has 0 radical (unpaired) electrons. The average Bonchev–Trinajstić information content (AvgIpc) is 2.26. The van der Waals surface area contributed by atoms with Crippen LogP contribution in [0, 0.1) is 0 Å². The first-order valence-electron chi connectivity index (χ1n) is 5.27. The second kappa shape index (κ2) is 4.22. The lowest BCUT2D eigenvalue weighted by Gasteiger charge is -2.09. The van der Waals surface area contributed by atoms with Gasteiger partial charge in [0.15, 0.2) is 0 Å². The Hall–Kier alpha value is -1.70. The van der Waals surface area contributed by atoms with E-state index in [9.17, 15) is 5.11 Å². The number of benzene rings is 2. The molecule has 0 spiro atoms. The Labute approximate surface area is 89.6 Å². The van der Waals surface area contributed by atoms with Crippen molar-refractivity contribution < 1.29 is 5.11 Å². The molecule has 2 N–H and O–H groups in total. The van der Waals surface area contributed by atoms with E-state index in [4.69, 9.17) is 0 Å². The number of aromatic hydroxyl groups is 1. The highest BCUT2D eigenvalue weighted by Crippen LogP contribution is 2.31. The Balaban J connectivity index is 2.53. The van der Waals surface area contributed by atoms with Gasteiger partial charge in [0.2, 0.25) is 0 Å². The number of hydrogen-bond acceptors (Lipinski definition) is 2. The van der Waals surface area contributed by atoms with Gasteiger partial charge in [-0.15, -0.1) is 0 Å². The van der Waals surface area contributed by atoms with Crippen molar-refractivity contribution in [1.82, 2.24) is 0 Å². The van der Waals surface area contributed by atoms with Crippen LogP contribution in [0.5, 0.6) is 5.75 Å². The lowest BCUT2D eigenvalue weighted by Crippen LogP contribution is -1.99. The van der Waals surface area contributed by atoms with Gasteiger partial charge in [-0.25, -0.2) is 0 Å². The van der Waals surface area contributed by atoms with Crippen LogP contribution < -0.4 is 5.32 Å². The van der Waals surface area contributed by atoms with Gasteiger partial charge < -0.3 is 10.4 Å². The summed E-state index contributed by atoms with van der Waals surface area (Å²) >= 11 is 0. The van der Waals surface area contributed by atoms with Crippen molar-refractivity contribution in [1.29, 1.82) is 0 Å². The van der Waals surface area contributed by atoms with E-state index < -0.39 is 0 Å². The Morgan fingerprint density at radius 3 is 2.60 bits per heavy atom. The van der Waals surface area contributed by atoms with Gasteiger partial charge in [0.1, 0.15) is 5.75 Å². The molecule has 0 aliphatic heterocycles. The quantitative estimate of drug-likeness (QED) is 0.798. The molecular formula is C13H15NO. The topological polar surface area (TPSA) is 32.3 Å². The fourth-order valence-corrected chi connectivity index (χ4v) is 1.73. The van der Waals surface area contributed by atoms with Gasteiger partial charge in [-0.1, -0.05) is 31.2 Å². The van der Waals surface area contributed by atoms with Crippen molar-refractivity contribution in [3.05, 3.63) is 36.4 Å². The first-order valence-corrected chi connectivity index (χ1v) is 5.27. The van der Waals surface area contributed by atoms with E-state index in [1.165, 1.54) is 0 Å². The summed E-state index contributed by atoms with van der Waals surface area (Å²) in [7, 11) is 0. The molecule has 0 saturated carbocycles. The summed E-state index contributed by atoms with van der Waals surface area (Å²) in [5, 5.41) is 15.1. The fourth-order valence-electron chi connectivity index (χ4n) is 1.73. The molecule has 15 heavy (non-hydrogen) atoms. The number of nitrogens with one attached hydrogen (secondary N) is 1. The average molecular weight is 201 g/mol. The van der Waals surface area contributed by atoms with Crippen molar-refractivity contribution in [3.63, 3.8) is 0 Å². The van der Waals surface area contributed by atoms with Crippen LogP contribution in [-0.2, 0) is 0 Å². The zero-order valence-corrected chi connectivity index (χ0v) is 8.83. The fraction of sp³-hybridized carbons (Fsp3) is 0.231. The van der Waals surface area contributed by atoms with Crippen LogP contribution >= 0.6 is 0 Å². The van der Waals surface area contributed by atoms with Crippen LogP contribution in [0.1, 0.15) is 13.3 Å². The maximum absolute atomic E-state index is 9.81. The molecule has 0 amide bonds. The van der Waals surface area contributed by atoms with Crippen molar-refractivity contribution in [2.75, 3.05) is 11.9 Å². The Morgan fingerprint density at radius 1 is 1.13 bits per heavy atom. The van der Waals surface area contributed by atoms with Crippen molar-refractivity contribution in [3.8, 4) is 5.75 Å². The number of anilines is 1. The summed E-state index contributed by atoms with van der Waals surface area (Å²) in [6.07, 6.45) is 1.07. The Kier molecular flexibility index (Phi) is 2.77. The molecular weight excluding hydrogens is 186 g/mol. The Bertz CT molecular complexity index is 460. The normalized spacial score (nSPS) is 10.5. The summed E-state index contributed by atoms with van der Waals surface area (Å²) in [5.74, 6) is 0.340. The van der Waals surface area contributed by atoms with Gasteiger partial charge in [0.05, 0.1) is 0 Å². The van der Waals surface area contributed by atoms with E-state index in [0.29, 0.717) is 5.75 Å². The maximum atomic E-state index is 9.81. The van der Waals surface area contributed by atoms with E-state index >= 15 is 0 Å².